The maximum Gasteiger partial charge on any atom is 0.231 e. The third-order valence-electron chi connectivity index (χ3n) is 4.52. The lowest BCUT2D eigenvalue weighted by atomic mass is 9.97. The Hall–Kier alpha value is -2.53. The fourth-order valence-electron chi connectivity index (χ4n) is 2.78. The van der Waals surface area contributed by atoms with Crippen LogP contribution < -0.4 is 14.8 Å². The van der Waals surface area contributed by atoms with E-state index in [1.54, 1.807) is 11.3 Å². The Kier molecular flexibility index (Phi) is 4.32. The molecule has 2 aromatic carbocycles. The van der Waals surface area contributed by atoms with Gasteiger partial charge in [0.05, 0.1) is 5.69 Å². The molecule has 0 saturated carbocycles. The van der Waals surface area contributed by atoms with Crippen molar-refractivity contribution in [2.45, 2.75) is 26.2 Å². The van der Waals surface area contributed by atoms with Gasteiger partial charge in [0.15, 0.2) is 16.6 Å². The van der Waals surface area contributed by atoms with Crippen molar-refractivity contribution in [2.75, 3.05) is 12.1 Å². The quantitative estimate of drug-likeness (QED) is 0.630. The van der Waals surface area contributed by atoms with Crippen LogP contribution in [0.25, 0.3) is 11.3 Å². The van der Waals surface area contributed by atoms with Gasteiger partial charge in [-0.1, -0.05) is 38.1 Å². The third kappa shape index (κ3) is 3.33. The predicted octanol–water partition coefficient (Wildman–Crippen LogP) is 5.80. The van der Waals surface area contributed by atoms with Gasteiger partial charge in [0, 0.05) is 22.7 Å². The second-order valence-electron chi connectivity index (χ2n) is 6.16. The first-order chi connectivity index (χ1) is 12.2. The standard InChI is InChI=1S/C20H20N2O2S/c1-3-13(2)14-4-6-15(7-5-14)17-11-25-20(22-17)21-16-8-9-18-19(10-16)24-12-23-18/h4-11,13H,3,12H2,1-2H3,(H,21,22). The molecule has 0 saturated heterocycles. The molecule has 0 fully saturated rings. The average molecular weight is 352 g/mol. The van der Waals surface area contributed by atoms with Crippen LogP contribution in [0.5, 0.6) is 11.5 Å². The topological polar surface area (TPSA) is 43.4 Å². The van der Waals surface area contributed by atoms with Crippen LogP contribution in [0.4, 0.5) is 10.8 Å². The zero-order valence-corrected chi connectivity index (χ0v) is 15.1. The summed E-state index contributed by atoms with van der Waals surface area (Å²) in [6, 6.07) is 14.5. The third-order valence-corrected chi connectivity index (χ3v) is 5.27. The van der Waals surface area contributed by atoms with Crippen LogP contribution in [0.3, 0.4) is 0 Å². The van der Waals surface area contributed by atoms with Crippen LogP contribution in [0.2, 0.25) is 0 Å². The number of nitrogens with zero attached hydrogens (tertiary/aromatic N) is 1. The molecular formula is C20H20N2O2S. The van der Waals surface area contributed by atoms with Crippen LogP contribution in [0.15, 0.2) is 47.8 Å². The molecule has 4 nitrogen and oxygen atoms in total. The minimum Gasteiger partial charge on any atom is -0.454 e. The van der Waals surface area contributed by atoms with E-state index in [-0.39, 0.29) is 6.79 Å². The van der Waals surface area contributed by atoms with Crippen molar-refractivity contribution in [1.29, 1.82) is 0 Å². The number of rotatable bonds is 5. The normalized spacial score (nSPS) is 13.7. The van der Waals surface area contributed by atoms with E-state index in [1.807, 2.05) is 18.2 Å². The Balaban J connectivity index is 1.50. The minimum atomic E-state index is 0.285. The van der Waals surface area contributed by atoms with Crippen molar-refractivity contribution in [3.63, 3.8) is 0 Å². The number of ether oxygens (including phenoxy) is 2. The summed E-state index contributed by atoms with van der Waals surface area (Å²) in [4.78, 5) is 4.70. The fraction of sp³-hybridized carbons (Fsp3) is 0.250. The lowest BCUT2D eigenvalue weighted by Crippen LogP contribution is -1.93. The molecule has 1 aliphatic heterocycles. The van der Waals surface area contributed by atoms with Crippen LogP contribution in [-0.2, 0) is 0 Å². The summed E-state index contributed by atoms with van der Waals surface area (Å²) in [5.74, 6) is 2.14. The number of anilines is 2. The highest BCUT2D eigenvalue weighted by molar-refractivity contribution is 7.14. The maximum absolute atomic E-state index is 5.41. The molecular weight excluding hydrogens is 332 g/mol. The number of fused-ring (bicyclic) bond motifs is 1. The molecule has 0 bridgehead atoms. The monoisotopic (exact) mass is 352 g/mol. The number of benzene rings is 2. The van der Waals surface area contributed by atoms with Crippen molar-refractivity contribution in [3.05, 3.63) is 53.4 Å². The summed E-state index contributed by atoms with van der Waals surface area (Å²) in [6.45, 7) is 4.76. The highest BCUT2D eigenvalue weighted by Gasteiger charge is 2.14. The van der Waals surface area contributed by atoms with E-state index in [1.165, 1.54) is 5.56 Å². The summed E-state index contributed by atoms with van der Waals surface area (Å²) in [7, 11) is 0. The van der Waals surface area contributed by atoms with E-state index in [4.69, 9.17) is 14.5 Å². The molecule has 0 aliphatic carbocycles. The Bertz CT molecular complexity index is 874. The van der Waals surface area contributed by atoms with Crippen molar-refractivity contribution in [2.24, 2.45) is 0 Å². The van der Waals surface area contributed by atoms with Crippen molar-refractivity contribution in [3.8, 4) is 22.8 Å². The zero-order valence-electron chi connectivity index (χ0n) is 14.3. The lowest BCUT2D eigenvalue weighted by molar-refractivity contribution is 0.174. The molecule has 128 valence electrons. The van der Waals surface area contributed by atoms with Gasteiger partial charge in [-0.2, -0.15) is 0 Å². The van der Waals surface area contributed by atoms with Gasteiger partial charge in [0.1, 0.15) is 0 Å². The molecule has 0 radical (unpaired) electrons. The minimum absolute atomic E-state index is 0.285. The van der Waals surface area contributed by atoms with E-state index in [9.17, 15) is 0 Å². The first kappa shape index (κ1) is 16.0. The molecule has 25 heavy (non-hydrogen) atoms. The number of hydrogen-bond donors (Lipinski definition) is 1. The van der Waals surface area contributed by atoms with Crippen LogP contribution in [-0.4, -0.2) is 11.8 Å². The summed E-state index contributed by atoms with van der Waals surface area (Å²) in [5.41, 5.74) is 4.45. The molecule has 0 spiro atoms. The first-order valence-corrected chi connectivity index (χ1v) is 9.33. The van der Waals surface area contributed by atoms with Crippen molar-refractivity contribution in [1.82, 2.24) is 4.98 Å². The van der Waals surface area contributed by atoms with E-state index in [0.29, 0.717) is 5.92 Å². The zero-order chi connectivity index (χ0) is 17.2. The first-order valence-electron chi connectivity index (χ1n) is 8.45. The molecule has 1 aromatic heterocycles. The van der Waals surface area contributed by atoms with E-state index < -0.39 is 0 Å². The molecule has 0 amide bonds. The highest BCUT2D eigenvalue weighted by Crippen LogP contribution is 2.36. The van der Waals surface area contributed by atoms with Gasteiger partial charge in [0.2, 0.25) is 6.79 Å². The Labute approximate surface area is 151 Å². The fourth-order valence-corrected chi connectivity index (χ4v) is 3.52. The summed E-state index contributed by atoms with van der Waals surface area (Å²) in [5, 5.41) is 6.27. The Morgan fingerprint density at radius 1 is 1.12 bits per heavy atom. The molecule has 2 heterocycles. The van der Waals surface area contributed by atoms with Gasteiger partial charge in [-0.25, -0.2) is 4.98 Å². The largest absolute Gasteiger partial charge is 0.454 e. The summed E-state index contributed by atoms with van der Waals surface area (Å²) >= 11 is 1.59. The molecule has 1 atom stereocenters. The van der Waals surface area contributed by atoms with Crippen LogP contribution in [0, 0.1) is 0 Å². The highest BCUT2D eigenvalue weighted by atomic mass is 32.1. The Morgan fingerprint density at radius 3 is 2.72 bits per heavy atom. The smallest absolute Gasteiger partial charge is 0.231 e. The van der Waals surface area contributed by atoms with Gasteiger partial charge < -0.3 is 14.8 Å². The lowest BCUT2D eigenvalue weighted by Gasteiger charge is -2.09. The van der Waals surface area contributed by atoms with Crippen LogP contribution >= 0.6 is 11.3 Å². The summed E-state index contributed by atoms with van der Waals surface area (Å²) in [6.07, 6.45) is 1.15. The number of nitrogens with one attached hydrogen (secondary N) is 1. The molecule has 1 unspecified atom stereocenters. The second kappa shape index (κ2) is 6.76. The number of aromatic nitrogens is 1. The average Bonchev–Trinajstić information content (AvgIpc) is 3.30. The maximum atomic E-state index is 5.41. The second-order valence-corrected chi connectivity index (χ2v) is 7.02. The molecule has 3 aromatic rings. The number of hydrogen-bond acceptors (Lipinski definition) is 5. The van der Waals surface area contributed by atoms with Crippen molar-refractivity contribution >= 4 is 22.2 Å². The van der Waals surface area contributed by atoms with E-state index in [2.05, 4.69) is 48.8 Å². The van der Waals surface area contributed by atoms with Crippen LogP contribution in [0.1, 0.15) is 31.7 Å². The van der Waals surface area contributed by atoms with E-state index >= 15 is 0 Å². The SMILES string of the molecule is CCC(C)c1ccc(-c2csc(Nc3ccc4c(c3)OCO4)n2)cc1. The molecule has 1 aliphatic rings. The van der Waals surface area contributed by atoms with Gasteiger partial charge >= 0.3 is 0 Å². The summed E-state index contributed by atoms with van der Waals surface area (Å²) < 4.78 is 10.7. The molecule has 5 heteroatoms. The van der Waals surface area contributed by atoms with Gasteiger partial charge in [-0.3, -0.25) is 0 Å². The van der Waals surface area contributed by atoms with Gasteiger partial charge in [-0.15, -0.1) is 11.3 Å². The number of thiazole rings is 1. The van der Waals surface area contributed by atoms with Gasteiger partial charge in [-0.05, 0) is 30.0 Å². The van der Waals surface area contributed by atoms with E-state index in [0.717, 1.165) is 40.0 Å². The molecule has 4 rings (SSSR count). The van der Waals surface area contributed by atoms with Crippen molar-refractivity contribution < 1.29 is 9.47 Å². The Morgan fingerprint density at radius 2 is 1.92 bits per heavy atom. The molecule has 1 N–H and O–H groups in total. The predicted molar refractivity (Wildman–Crippen MR) is 102 cm³/mol. The van der Waals surface area contributed by atoms with Gasteiger partial charge in [0.25, 0.3) is 0 Å².